The number of nitrogens with zero attached hydrogens (tertiary/aromatic N) is 2. The Kier molecular flexibility index (Phi) is 6.02. The second-order valence-electron chi connectivity index (χ2n) is 8.32. The lowest BCUT2D eigenvalue weighted by Crippen LogP contribution is -2.44. The minimum Gasteiger partial charge on any atom is -0.488 e. The Hall–Kier alpha value is -2.67. The molecule has 0 spiro atoms. The topological polar surface area (TPSA) is 58.7 Å². The van der Waals surface area contributed by atoms with Crippen molar-refractivity contribution in [2.45, 2.75) is 37.6 Å². The van der Waals surface area contributed by atoms with Crippen LogP contribution in [0.1, 0.15) is 31.1 Å². The van der Waals surface area contributed by atoms with Crippen LogP contribution < -0.4 is 15.4 Å². The first-order chi connectivity index (χ1) is 15.3. The summed E-state index contributed by atoms with van der Waals surface area (Å²) >= 11 is 0. The molecule has 1 fully saturated rings. The van der Waals surface area contributed by atoms with Crippen molar-refractivity contribution in [1.29, 1.82) is 0 Å². The monoisotopic (exact) mass is 418 g/mol. The summed E-state index contributed by atoms with van der Waals surface area (Å²) in [5.41, 5.74) is 3.14. The Balaban J connectivity index is 1.43. The highest BCUT2D eigenvalue weighted by Gasteiger charge is 2.26. The van der Waals surface area contributed by atoms with Gasteiger partial charge in [-0.05, 0) is 43.7 Å². The van der Waals surface area contributed by atoms with Gasteiger partial charge in [0.15, 0.2) is 0 Å². The van der Waals surface area contributed by atoms with E-state index in [2.05, 4.69) is 70.3 Å². The van der Waals surface area contributed by atoms with E-state index in [9.17, 15) is 0 Å². The fourth-order valence-electron chi connectivity index (χ4n) is 4.63. The number of allylic oxidation sites excluding steroid dienone is 3. The van der Waals surface area contributed by atoms with Gasteiger partial charge in [-0.25, -0.2) is 4.98 Å². The largest absolute Gasteiger partial charge is 0.488 e. The number of ether oxygens (including phenoxy) is 2. The number of aromatic nitrogens is 1. The molecule has 0 amide bonds. The molecule has 0 bridgehead atoms. The van der Waals surface area contributed by atoms with Crippen LogP contribution in [0, 0.1) is 0 Å². The zero-order chi connectivity index (χ0) is 21.0. The number of nitrogens with one attached hydrogen (secondary N) is 2. The number of hydrogen-bond acceptors (Lipinski definition) is 6. The average Bonchev–Trinajstić information content (AvgIpc) is 3.02. The van der Waals surface area contributed by atoms with Crippen molar-refractivity contribution in [3.63, 3.8) is 0 Å². The molecule has 6 nitrogen and oxygen atoms in total. The molecule has 31 heavy (non-hydrogen) atoms. The van der Waals surface area contributed by atoms with Crippen LogP contribution in [0.25, 0.3) is 10.9 Å². The van der Waals surface area contributed by atoms with E-state index in [4.69, 9.17) is 14.5 Å². The van der Waals surface area contributed by atoms with Crippen LogP contribution in [0.4, 0.5) is 0 Å². The van der Waals surface area contributed by atoms with Crippen LogP contribution in [-0.4, -0.2) is 48.8 Å². The Morgan fingerprint density at radius 2 is 2.10 bits per heavy atom. The van der Waals surface area contributed by atoms with E-state index in [-0.39, 0.29) is 12.3 Å². The third-order valence-electron chi connectivity index (χ3n) is 6.13. The molecule has 2 N–H and O–H groups in total. The van der Waals surface area contributed by atoms with Crippen molar-refractivity contribution in [1.82, 2.24) is 20.5 Å². The molecule has 5 rings (SSSR count). The molecule has 1 aromatic heterocycles. The van der Waals surface area contributed by atoms with Crippen LogP contribution in [0.2, 0.25) is 0 Å². The smallest absolute Gasteiger partial charge is 0.145 e. The quantitative estimate of drug-likeness (QED) is 0.773. The molecule has 1 unspecified atom stereocenters. The number of methoxy groups -OCH3 is 1. The minimum atomic E-state index is -0.00244. The summed E-state index contributed by atoms with van der Waals surface area (Å²) in [6.07, 6.45) is 13.8. The summed E-state index contributed by atoms with van der Waals surface area (Å²) in [6, 6.07) is 10.8. The Bertz CT molecular complexity index is 1010. The molecule has 1 aromatic carbocycles. The molecule has 6 heteroatoms. The zero-order valence-electron chi connectivity index (χ0n) is 18.0. The molecule has 3 aliphatic rings. The maximum Gasteiger partial charge on any atom is 0.145 e. The number of para-hydroxylation sites is 1. The summed E-state index contributed by atoms with van der Waals surface area (Å²) < 4.78 is 11.8. The first-order valence-electron chi connectivity index (χ1n) is 11.2. The van der Waals surface area contributed by atoms with Gasteiger partial charge in [0.1, 0.15) is 23.5 Å². The summed E-state index contributed by atoms with van der Waals surface area (Å²) in [4.78, 5) is 7.35. The molecular formula is C25H30N4O2. The third-order valence-corrected chi connectivity index (χ3v) is 6.13. The van der Waals surface area contributed by atoms with Crippen molar-refractivity contribution >= 4 is 10.9 Å². The van der Waals surface area contributed by atoms with Crippen molar-refractivity contribution in [3.05, 3.63) is 72.2 Å². The van der Waals surface area contributed by atoms with Crippen LogP contribution in [-0.2, 0) is 4.74 Å². The van der Waals surface area contributed by atoms with Crippen molar-refractivity contribution in [3.8, 4) is 5.75 Å². The Labute approximate surface area is 183 Å². The standard InChI is InChI=1S/C25H30N4O2/c1-30-17-19-16-21(12-14-26-19)31-23-9-4-6-18-10-11-22(28-24(18)23)25-27-13-5-8-20-7-2-3-15-29(20)25/h2-4,6-11,15,19,21,25-27H,5,12-14,16-17H2,1H3/t19-,21-,25?/m0/s1. The van der Waals surface area contributed by atoms with E-state index in [1.165, 1.54) is 5.70 Å². The highest BCUT2D eigenvalue weighted by molar-refractivity contribution is 5.84. The van der Waals surface area contributed by atoms with E-state index in [0.717, 1.165) is 54.7 Å². The average molecular weight is 419 g/mol. The summed E-state index contributed by atoms with van der Waals surface area (Å²) in [6.45, 7) is 2.57. The van der Waals surface area contributed by atoms with Gasteiger partial charge in [-0.15, -0.1) is 0 Å². The zero-order valence-corrected chi connectivity index (χ0v) is 18.0. The number of piperidine rings is 1. The lowest BCUT2D eigenvalue weighted by Gasteiger charge is -2.32. The number of pyridine rings is 1. The van der Waals surface area contributed by atoms with E-state index in [1.807, 2.05) is 6.07 Å². The predicted molar refractivity (Wildman–Crippen MR) is 123 cm³/mol. The fourth-order valence-corrected chi connectivity index (χ4v) is 4.63. The molecule has 0 saturated carbocycles. The molecule has 2 aromatic rings. The van der Waals surface area contributed by atoms with Gasteiger partial charge < -0.3 is 19.7 Å². The van der Waals surface area contributed by atoms with Crippen LogP contribution in [0.5, 0.6) is 5.75 Å². The first kappa shape index (κ1) is 20.2. The fraction of sp³-hybridized carbons (Fsp3) is 0.400. The van der Waals surface area contributed by atoms with E-state index in [0.29, 0.717) is 12.6 Å². The molecule has 3 aliphatic heterocycles. The lowest BCUT2D eigenvalue weighted by atomic mass is 10.0. The molecule has 162 valence electrons. The third kappa shape index (κ3) is 4.37. The minimum absolute atomic E-state index is 0.00244. The number of benzene rings is 1. The van der Waals surface area contributed by atoms with Crippen molar-refractivity contribution in [2.24, 2.45) is 0 Å². The van der Waals surface area contributed by atoms with E-state index < -0.39 is 0 Å². The lowest BCUT2D eigenvalue weighted by molar-refractivity contribution is 0.0961. The van der Waals surface area contributed by atoms with Gasteiger partial charge in [0.05, 0.1) is 12.3 Å². The van der Waals surface area contributed by atoms with Crippen LogP contribution in [0.15, 0.2) is 66.5 Å². The molecule has 0 aliphatic carbocycles. The SMILES string of the molecule is COC[C@@H]1C[C@@H](Oc2cccc3ccc(C4NCCC=C5C=CC=CN54)nc23)CCN1. The van der Waals surface area contributed by atoms with E-state index in [1.54, 1.807) is 7.11 Å². The highest BCUT2D eigenvalue weighted by Crippen LogP contribution is 2.31. The van der Waals surface area contributed by atoms with Crippen LogP contribution in [0.3, 0.4) is 0 Å². The van der Waals surface area contributed by atoms with Gasteiger partial charge in [-0.2, -0.15) is 0 Å². The highest BCUT2D eigenvalue weighted by atomic mass is 16.5. The molecule has 1 saturated heterocycles. The predicted octanol–water partition coefficient (Wildman–Crippen LogP) is 3.64. The van der Waals surface area contributed by atoms with Gasteiger partial charge in [-0.1, -0.05) is 30.4 Å². The number of rotatable bonds is 5. The number of hydrogen-bond donors (Lipinski definition) is 2. The van der Waals surface area contributed by atoms with Gasteiger partial charge in [0, 0.05) is 43.4 Å². The molecule has 0 radical (unpaired) electrons. The maximum absolute atomic E-state index is 6.49. The Morgan fingerprint density at radius 3 is 3.03 bits per heavy atom. The van der Waals surface area contributed by atoms with Gasteiger partial charge in [0.25, 0.3) is 0 Å². The molecular weight excluding hydrogens is 388 g/mol. The summed E-state index contributed by atoms with van der Waals surface area (Å²) in [5.74, 6) is 0.862. The van der Waals surface area contributed by atoms with Gasteiger partial charge >= 0.3 is 0 Å². The summed E-state index contributed by atoms with van der Waals surface area (Å²) in [7, 11) is 1.75. The van der Waals surface area contributed by atoms with Gasteiger partial charge in [-0.3, -0.25) is 5.32 Å². The summed E-state index contributed by atoms with van der Waals surface area (Å²) in [5, 5.41) is 8.25. The van der Waals surface area contributed by atoms with Crippen molar-refractivity contribution < 1.29 is 9.47 Å². The van der Waals surface area contributed by atoms with Gasteiger partial charge in [0.2, 0.25) is 0 Å². The van der Waals surface area contributed by atoms with Crippen LogP contribution >= 0.6 is 0 Å². The maximum atomic E-state index is 6.49. The van der Waals surface area contributed by atoms with Crippen molar-refractivity contribution in [2.75, 3.05) is 26.8 Å². The number of fused-ring (bicyclic) bond motifs is 2. The first-order valence-corrected chi connectivity index (χ1v) is 11.2. The molecule has 3 atom stereocenters. The Morgan fingerprint density at radius 1 is 1.13 bits per heavy atom. The second-order valence-corrected chi connectivity index (χ2v) is 8.32. The van der Waals surface area contributed by atoms with E-state index >= 15 is 0 Å². The normalized spacial score (nSPS) is 25.8. The molecule has 4 heterocycles. The second kappa shape index (κ2) is 9.22.